The van der Waals surface area contributed by atoms with Crippen molar-refractivity contribution in [1.29, 1.82) is 0 Å². The molecule has 0 saturated carbocycles. The number of fused-ring (bicyclic) bond motifs is 15. The first-order valence-corrected chi connectivity index (χ1v) is 32.9. The van der Waals surface area contributed by atoms with Crippen LogP contribution in [0.5, 0.6) is 11.5 Å². The molecule has 4 aliphatic carbocycles. The van der Waals surface area contributed by atoms with Crippen LogP contribution in [0, 0.1) is 23.9 Å². The van der Waals surface area contributed by atoms with Crippen LogP contribution in [0.4, 0.5) is 0 Å². The number of nitrogens with zero attached hydrogens (tertiary/aromatic N) is 4. The Bertz CT molecular complexity index is 5980. The van der Waals surface area contributed by atoms with Crippen molar-refractivity contribution >= 4 is 44.9 Å². The second kappa shape index (κ2) is 22.0. The Kier molecular flexibility index (Phi) is 10.3. The number of aromatic nitrogens is 3. The number of ether oxygens (including phenoxy) is 1. The van der Waals surface area contributed by atoms with Gasteiger partial charge in [-0.05, 0) is 207 Å². The molecule has 0 unspecified atom stereocenters. The molecule has 1 aliphatic heterocycles. The van der Waals surface area contributed by atoms with Crippen LogP contribution in [0.25, 0.3) is 106 Å². The van der Waals surface area contributed by atoms with Crippen LogP contribution in [0.1, 0.15) is 208 Å². The molecule has 11 aromatic rings. The number of allylic oxidation sites excluding steroid dienone is 3. The molecule has 0 fully saturated rings. The van der Waals surface area contributed by atoms with E-state index < -0.39 is 91.2 Å². The molecule has 0 atom stereocenters. The van der Waals surface area contributed by atoms with Gasteiger partial charge in [-0.15, -0.1) is 29.7 Å². The van der Waals surface area contributed by atoms with Gasteiger partial charge in [-0.1, -0.05) is 218 Å². The number of imidazole rings is 1. The predicted octanol–water partition coefficient (Wildman–Crippen LogP) is 23.1. The van der Waals surface area contributed by atoms with Gasteiger partial charge in [-0.3, -0.25) is 4.57 Å². The van der Waals surface area contributed by atoms with E-state index >= 15 is 0 Å². The standard InChI is InChI=1S/C89H88N4O.Pt/c1-83(2,3)56-24-23-45-90-80(47-56)93-76-30-19-18-29-63(76)64-35-34-59(49-79(64)93)94-58-26-22-25-57(48-58)91-54-92(78-32-21-20-31-77(78)91)82-60(55-33-38-70-71(46-55)85(6,7)40-39-84(70,4)5)36-37-65-61-27-16-17-28-62(61)66-50-72-73(87(10,11)42-41-86(72,8)9)51-67(66)68-52-74-75(53-69(68)81(65)82)89(14,15)44-43-88(74,12)13;/h16-22,24-38,45-47,50-53H,23,39-44H2,1-15H3;/q-2;/i4D3,5D3,6D3,7D3,33D,38D,39D2,40D2,46D;. The largest absolute Gasteiger partial charge is 0.510 e. The Morgan fingerprint density at radius 3 is 1.78 bits per heavy atom. The van der Waals surface area contributed by atoms with Crippen molar-refractivity contribution in [1.82, 2.24) is 9.13 Å². The Morgan fingerprint density at radius 1 is 0.547 bits per heavy atom. The van der Waals surface area contributed by atoms with Gasteiger partial charge >= 0.3 is 0 Å². The van der Waals surface area contributed by atoms with Crippen LogP contribution in [0.15, 0.2) is 180 Å². The average molecular weight is 1440 g/mol. The van der Waals surface area contributed by atoms with Crippen LogP contribution in [0.2, 0.25) is 0 Å². The van der Waals surface area contributed by atoms with E-state index in [2.05, 4.69) is 154 Å². The van der Waals surface area contributed by atoms with E-state index in [1.54, 1.807) is 33.4 Å². The van der Waals surface area contributed by atoms with Gasteiger partial charge in [0.2, 0.25) is 0 Å². The van der Waals surface area contributed by atoms with Gasteiger partial charge in [-0.25, -0.2) is 4.99 Å². The number of rotatable bonds is 6. The van der Waals surface area contributed by atoms with E-state index in [-0.39, 0.29) is 59.7 Å². The summed E-state index contributed by atoms with van der Waals surface area (Å²) in [6, 6.07) is 48.6. The molecule has 5 nitrogen and oxygen atoms in total. The molecule has 0 saturated heterocycles. The van der Waals surface area contributed by atoms with Crippen LogP contribution in [-0.4, -0.2) is 15.3 Å². The van der Waals surface area contributed by atoms with E-state index in [0.29, 0.717) is 51.4 Å². The van der Waals surface area contributed by atoms with E-state index in [4.69, 9.17) is 18.0 Å². The zero-order valence-electron chi connectivity index (χ0n) is 74.6. The summed E-state index contributed by atoms with van der Waals surface area (Å²) in [4.78, 5) is 5.00. The normalized spacial score (nSPS) is 22.8. The Balaban J connectivity index is 0.0000102. The SMILES string of the molecule is [2H]c1c([2H])c2c(c([2H])c1-c1ccc3c(c1-[n+]1[c-]n(-c4[c-]c(Oc5[c-]c6c(cc5)c5ccccc5n6C5=CC(C(C)(C)C)=CCC=N5)ccc4)c4ccccc41)-c1cc4c(cc1-c1cc5c(cc1-c1ccccc1-3)C(C)(C)CCC5(C)C)C(C)(C)CCC4(C)C)C(C([2H])([2H])[2H])(C([2H])([2H])[2H])C([2H])([2H])C([2H])([2H])C2(C([2H])([2H])[2H])C([2H])([2H])[2H].[Pt]. The molecule has 95 heavy (non-hydrogen) atoms. The van der Waals surface area contributed by atoms with Gasteiger partial charge in [0.25, 0.3) is 6.33 Å². The molecule has 482 valence electrons. The number of benzene rings is 9. The minimum Gasteiger partial charge on any atom is -0.510 e. The summed E-state index contributed by atoms with van der Waals surface area (Å²) in [6.45, 7) is 7.48. The van der Waals surface area contributed by atoms with Crippen molar-refractivity contribution in [2.24, 2.45) is 10.4 Å². The fraction of sp³-hybridized carbons (Fsp3) is 0.326. The fourth-order valence-electron chi connectivity index (χ4n) is 15.5. The molecule has 0 radical (unpaired) electrons. The first-order chi connectivity index (χ1) is 52.5. The average Bonchev–Trinajstić information content (AvgIpc) is 0.715. The predicted molar refractivity (Wildman–Crippen MR) is 392 cm³/mol. The summed E-state index contributed by atoms with van der Waals surface area (Å²) >= 11 is 0. The van der Waals surface area contributed by atoms with Crippen molar-refractivity contribution < 1.29 is 56.4 Å². The summed E-state index contributed by atoms with van der Waals surface area (Å²) in [5.41, 5.74) is 0.483. The van der Waals surface area contributed by atoms with Gasteiger partial charge in [-0.2, -0.15) is 18.2 Å². The smallest absolute Gasteiger partial charge is 0.268 e. The maximum Gasteiger partial charge on any atom is 0.268 e. The number of hydrogen-bond acceptors (Lipinski definition) is 2. The van der Waals surface area contributed by atoms with Gasteiger partial charge in [0, 0.05) is 78.2 Å². The molecule has 3 heterocycles. The number of hydrogen-bond donors (Lipinski definition) is 0. The Morgan fingerprint density at radius 2 is 1.12 bits per heavy atom. The third-order valence-electron chi connectivity index (χ3n) is 21.1. The third kappa shape index (κ3) is 10.2. The van der Waals surface area contributed by atoms with Crippen LogP contribution in [-0.2, 0) is 53.6 Å². The summed E-state index contributed by atoms with van der Waals surface area (Å²) in [7, 11) is 0. The molecule has 0 amide bonds. The van der Waals surface area contributed by atoms with E-state index in [1.165, 1.54) is 11.1 Å². The molecular weight excluding hydrogens is 1340 g/mol. The van der Waals surface area contributed by atoms with Crippen molar-refractivity contribution in [3.05, 3.63) is 227 Å². The van der Waals surface area contributed by atoms with E-state index in [9.17, 15) is 17.8 Å². The fourth-order valence-corrected chi connectivity index (χ4v) is 15.5. The zero-order valence-corrected chi connectivity index (χ0v) is 57.8. The molecule has 9 aromatic carbocycles. The van der Waals surface area contributed by atoms with Crippen molar-refractivity contribution in [3.8, 4) is 78.5 Å². The molecule has 6 heteroatoms. The summed E-state index contributed by atoms with van der Waals surface area (Å²) in [5, 5.41) is 1.92. The molecule has 0 N–H and O–H groups in total. The van der Waals surface area contributed by atoms with Gasteiger partial charge in [0.05, 0.1) is 20.8 Å². The summed E-state index contributed by atoms with van der Waals surface area (Å²) in [5.74, 6) is 1.35. The zero-order chi connectivity index (χ0) is 81.6. The van der Waals surface area contributed by atoms with Crippen molar-refractivity contribution in [2.75, 3.05) is 0 Å². The van der Waals surface area contributed by atoms with Gasteiger partial charge in [0.15, 0.2) is 0 Å². The summed E-state index contributed by atoms with van der Waals surface area (Å²) < 4.78 is 195. The second-order valence-electron chi connectivity index (χ2n) is 30.3. The van der Waals surface area contributed by atoms with Crippen LogP contribution >= 0.6 is 0 Å². The Hall–Kier alpha value is -8.11. The van der Waals surface area contributed by atoms with Crippen molar-refractivity contribution in [3.63, 3.8) is 0 Å². The number of para-hydroxylation sites is 3. The summed E-state index contributed by atoms with van der Waals surface area (Å²) in [6.07, 6.45) is 4.94. The molecule has 0 bridgehead atoms. The molecule has 0 spiro atoms. The van der Waals surface area contributed by atoms with Crippen LogP contribution in [0.3, 0.4) is 0 Å². The first-order valence-electron chi connectivity index (χ1n) is 42.4. The third-order valence-corrected chi connectivity index (χ3v) is 21.1. The van der Waals surface area contributed by atoms with E-state index in [0.717, 1.165) is 92.0 Å². The minimum atomic E-state index is -4.56. The van der Waals surface area contributed by atoms with Gasteiger partial charge in [0.1, 0.15) is 5.82 Å². The maximum atomic E-state index is 10.9. The number of aliphatic imine (C=N–C) groups is 1. The molecule has 16 rings (SSSR count). The monoisotopic (exact) mass is 1440 g/mol. The van der Waals surface area contributed by atoms with E-state index in [1.807, 2.05) is 79.0 Å². The minimum absolute atomic E-state index is 0. The topological polar surface area (TPSA) is 35.3 Å². The van der Waals surface area contributed by atoms with Crippen LogP contribution < -0.4 is 9.30 Å². The maximum absolute atomic E-state index is 10.9. The Labute approximate surface area is 604 Å². The second-order valence-corrected chi connectivity index (χ2v) is 30.3. The molecule has 2 aromatic heterocycles. The van der Waals surface area contributed by atoms with Crippen molar-refractivity contribution in [2.45, 2.75) is 181 Å². The molecular formula is C89H88N4OPt-2. The quantitative estimate of drug-likeness (QED) is 0.121. The van der Waals surface area contributed by atoms with Gasteiger partial charge < -0.3 is 13.9 Å². The first kappa shape index (κ1) is 44.6. The molecule has 5 aliphatic rings.